The van der Waals surface area contributed by atoms with Crippen molar-refractivity contribution in [3.8, 4) is 0 Å². The molecule has 4 atom stereocenters. The maximum atomic E-state index is 5.93. The first-order valence-corrected chi connectivity index (χ1v) is 15.3. The lowest BCUT2D eigenvalue weighted by atomic mass is 10.4. The molecule has 4 unspecified atom stereocenters. The zero-order chi connectivity index (χ0) is 14.7. The van der Waals surface area contributed by atoms with Gasteiger partial charge in [-0.05, 0) is 20.3 Å². The monoisotopic (exact) mass is 482 g/mol. The van der Waals surface area contributed by atoms with E-state index in [1.807, 2.05) is 27.7 Å². The van der Waals surface area contributed by atoms with Gasteiger partial charge in [0.15, 0.2) is 6.29 Å². The molecular weight excluding hydrogens is 464 g/mol. The van der Waals surface area contributed by atoms with E-state index in [-0.39, 0.29) is 18.1 Å². The van der Waals surface area contributed by atoms with Gasteiger partial charge in [0, 0.05) is 6.42 Å². The fourth-order valence-electron chi connectivity index (χ4n) is 1.66. The fourth-order valence-corrected chi connectivity index (χ4v) is 2.94. The van der Waals surface area contributed by atoms with Crippen LogP contribution in [0.4, 0.5) is 0 Å². The fraction of sp³-hybridized carbons (Fsp3) is 1.00. The summed E-state index contributed by atoms with van der Waals surface area (Å²) >= 11 is 10.8. The van der Waals surface area contributed by atoms with Gasteiger partial charge in [0.05, 0.1) is 18.4 Å². The van der Waals surface area contributed by atoms with E-state index < -0.39 is 9.90 Å². The largest absolute Gasteiger partial charge is 0.350 e. The van der Waals surface area contributed by atoms with E-state index in [1.165, 1.54) is 0 Å². The average Bonchev–Trinajstić information content (AvgIpc) is 2.69. The minimum absolute atomic E-state index is 0.00909. The highest BCUT2D eigenvalue weighted by molar-refractivity contribution is 9.72. The Morgan fingerprint density at radius 3 is 2.37 bits per heavy atom. The first kappa shape index (κ1) is 18.5. The molecule has 0 radical (unpaired) electrons. The van der Waals surface area contributed by atoms with Crippen LogP contribution < -0.4 is 0 Å². The minimum Gasteiger partial charge on any atom is -0.350 e. The third-order valence-corrected chi connectivity index (χ3v) is 9.67. The van der Waals surface area contributed by atoms with E-state index in [0.29, 0.717) is 13.0 Å². The zero-order valence-electron chi connectivity index (χ0n) is 11.6. The van der Waals surface area contributed by atoms with E-state index in [2.05, 4.69) is 45.9 Å². The Balaban J connectivity index is 2.61. The highest BCUT2D eigenvalue weighted by Gasteiger charge is 2.43. The van der Waals surface area contributed by atoms with Gasteiger partial charge in [-0.3, -0.25) is 4.74 Å². The predicted molar refractivity (Wildman–Crippen MR) is 87.8 cm³/mol. The average molecular weight is 485 g/mol. The summed E-state index contributed by atoms with van der Waals surface area (Å²) in [6, 6.07) is 0. The lowest BCUT2D eigenvalue weighted by Gasteiger charge is -2.33. The Labute approximate surface area is 139 Å². The Kier molecular flexibility index (Phi) is 7.48. The normalized spacial score (nSPS) is 31.4. The molecule has 0 saturated carbocycles. The van der Waals surface area contributed by atoms with E-state index in [1.54, 1.807) is 0 Å². The lowest BCUT2D eigenvalue weighted by molar-refractivity contribution is -0.387. The SMILES string of the molecule is CCC(OC(C)[Si](Br)(Br)Br)OC1(CC)OCC(C)O1. The molecule has 0 aliphatic carbocycles. The molecule has 0 N–H and O–H groups in total. The van der Waals surface area contributed by atoms with E-state index >= 15 is 0 Å². The molecule has 8 heteroatoms. The Bertz CT molecular complexity index is 290. The number of ether oxygens (including phenoxy) is 4. The quantitative estimate of drug-likeness (QED) is 0.306. The van der Waals surface area contributed by atoms with E-state index in [0.717, 1.165) is 6.42 Å². The standard InChI is InChI=1S/C11H21Br3O4Si/c1-5-10(16-9(4)19(12,13)14)18-11(6-2)15-7-8(3)17-11/h8-10H,5-7H2,1-4H3. The zero-order valence-corrected chi connectivity index (χ0v) is 17.4. The molecular formula is C11H21Br3O4Si. The second-order valence-electron chi connectivity index (χ2n) is 4.55. The maximum Gasteiger partial charge on any atom is 0.294 e. The number of hydrogen-bond donors (Lipinski definition) is 0. The second kappa shape index (κ2) is 7.67. The van der Waals surface area contributed by atoms with Gasteiger partial charge >= 0.3 is 0 Å². The summed E-state index contributed by atoms with van der Waals surface area (Å²) < 4.78 is 21.4. The molecule has 114 valence electrons. The Hall–Kier alpha value is 1.50. The van der Waals surface area contributed by atoms with Crippen LogP contribution in [0, 0.1) is 0 Å². The lowest BCUT2D eigenvalue weighted by Crippen LogP contribution is -2.42. The van der Waals surface area contributed by atoms with Crippen LogP contribution in [0.1, 0.15) is 40.5 Å². The molecule has 19 heavy (non-hydrogen) atoms. The van der Waals surface area contributed by atoms with Crippen LogP contribution in [-0.4, -0.2) is 34.6 Å². The summed E-state index contributed by atoms with van der Waals surface area (Å²) in [6.07, 6.45) is 1.04. The third kappa shape index (κ3) is 5.65. The van der Waals surface area contributed by atoms with Crippen LogP contribution in [0.15, 0.2) is 0 Å². The number of halogens is 3. The van der Waals surface area contributed by atoms with Gasteiger partial charge in [0.25, 0.3) is 9.90 Å². The van der Waals surface area contributed by atoms with Crippen molar-refractivity contribution in [1.82, 2.24) is 0 Å². The highest BCUT2D eigenvalue weighted by atomic mass is 80.0. The molecule has 1 heterocycles. The number of hydrogen-bond acceptors (Lipinski definition) is 4. The maximum absolute atomic E-state index is 5.93. The predicted octanol–water partition coefficient (Wildman–Crippen LogP) is 4.31. The van der Waals surface area contributed by atoms with Crippen LogP contribution in [0.3, 0.4) is 0 Å². The topological polar surface area (TPSA) is 36.9 Å². The minimum atomic E-state index is -1.89. The first-order valence-electron chi connectivity index (χ1n) is 6.44. The van der Waals surface area contributed by atoms with Crippen LogP contribution in [0.2, 0.25) is 0 Å². The molecule has 0 bridgehead atoms. The van der Waals surface area contributed by atoms with Crippen molar-refractivity contribution in [2.75, 3.05) is 6.61 Å². The summed E-state index contributed by atoms with van der Waals surface area (Å²) in [5, 5.41) is 0. The third-order valence-electron chi connectivity index (χ3n) is 2.81. The summed E-state index contributed by atoms with van der Waals surface area (Å²) in [5.74, 6) is -0.963. The van der Waals surface area contributed by atoms with Crippen LogP contribution in [0.25, 0.3) is 0 Å². The smallest absolute Gasteiger partial charge is 0.294 e. The van der Waals surface area contributed by atoms with Crippen molar-refractivity contribution in [2.24, 2.45) is 0 Å². The summed E-state index contributed by atoms with van der Waals surface area (Å²) in [4.78, 5) is 0. The second-order valence-corrected chi connectivity index (χ2v) is 27.3. The molecule has 1 aliphatic rings. The highest BCUT2D eigenvalue weighted by Crippen LogP contribution is 2.35. The van der Waals surface area contributed by atoms with Crippen molar-refractivity contribution in [3.05, 3.63) is 0 Å². The summed E-state index contributed by atoms with van der Waals surface area (Å²) in [6.45, 7) is 8.51. The van der Waals surface area contributed by atoms with Gasteiger partial charge in [0.1, 0.15) is 0 Å². The molecule has 1 aliphatic heterocycles. The van der Waals surface area contributed by atoms with Crippen LogP contribution >= 0.6 is 45.9 Å². The summed E-state index contributed by atoms with van der Waals surface area (Å²) in [5.41, 5.74) is -0.00909. The molecule has 1 rings (SSSR count). The summed E-state index contributed by atoms with van der Waals surface area (Å²) in [7, 11) is 0. The van der Waals surface area contributed by atoms with Crippen molar-refractivity contribution in [2.45, 2.75) is 64.6 Å². The molecule has 0 spiro atoms. The molecule has 0 aromatic heterocycles. The Morgan fingerprint density at radius 1 is 1.37 bits per heavy atom. The van der Waals surface area contributed by atoms with Crippen molar-refractivity contribution in [3.63, 3.8) is 0 Å². The molecule has 0 amide bonds. The first-order chi connectivity index (χ1) is 8.72. The van der Waals surface area contributed by atoms with E-state index in [9.17, 15) is 0 Å². The van der Waals surface area contributed by atoms with Crippen LogP contribution in [-0.2, 0) is 18.9 Å². The van der Waals surface area contributed by atoms with Gasteiger partial charge in [-0.15, -0.1) is 0 Å². The van der Waals surface area contributed by atoms with Crippen molar-refractivity contribution in [1.29, 1.82) is 0 Å². The van der Waals surface area contributed by atoms with Gasteiger partial charge in [-0.25, -0.2) is 0 Å². The molecule has 0 aromatic carbocycles. The Morgan fingerprint density at radius 2 is 2.00 bits per heavy atom. The molecule has 0 aromatic rings. The van der Waals surface area contributed by atoms with E-state index in [4.69, 9.17) is 18.9 Å². The van der Waals surface area contributed by atoms with Gasteiger partial charge < -0.3 is 14.2 Å². The molecule has 4 nitrogen and oxygen atoms in total. The van der Waals surface area contributed by atoms with Crippen molar-refractivity contribution < 1.29 is 18.9 Å². The van der Waals surface area contributed by atoms with Gasteiger partial charge in [-0.2, -0.15) is 0 Å². The molecule has 1 fully saturated rings. The van der Waals surface area contributed by atoms with Crippen molar-refractivity contribution >= 4 is 49.8 Å². The van der Waals surface area contributed by atoms with Gasteiger partial charge in [0.2, 0.25) is 0 Å². The van der Waals surface area contributed by atoms with Gasteiger partial charge in [-0.1, -0.05) is 59.7 Å². The number of rotatable bonds is 7. The van der Waals surface area contributed by atoms with Crippen LogP contribution in [0.5, 0.6) is 0 Å². The molecule has 1 saturated heterocycles.